The zero-order valence-corrected chi connectivity index (χ0v) is 21.7. The number of fused-ring (bicyclic) bond motifs is 2. The van der Waals surface area contributed by atoms with E-state index in [4.69, 9.17) is 9.42 Å². The van der Waals surface area contributed by atoms with Crippen molar-refractivity contribution in [2.45, 2.75) is 45.5 Å². The van der Waals surface area contributed by atoms with Crippen LogP contribution in [0.25, 0.3) is 16.6 Å². The highest BCUT2D eigenvalue weighted by molar-refractivity contribution is 7.10. The Morgan fingerprint density at radius 3 is 2.82 bits per heavy atom. The second kappa shape index (κ2) is 8.33. The van der Waals surface area contributed by atoms with Gasteiger partial charge in [-0.15, -0.1) is 11.3 Å². The number of benzene rings is 1. The van der Waals surface area contributed by atoms with Crippen molar-refractivity contribution in [1.82, 2.24) is 4.98 Å². The van der Waals surface area contributed by atoms with Crippen LogP contribution in [0.1, 0.15) is 31.2 Å². The lowest BCUT2D eigenvalue weighted by Crippen LogP contribution is -3.11. The van der Waals surface area contributed by atoms with Crippen LogP contribution in [0, 0.1) is 0 Å². The van der Waals surface area contributed by atoms with Crippen molar-refractivity contribution in [3.63, 3.8) is 0 Å². The number of nitrogens with zero attached hydrogens (tertiary/aromatic N) is 3. The van der Waals surface area contributed by atoms with Crippen molar-refractivity contribution in [3.8, 4) is 0 Å². The van der Waals surface area contributed by atoms with E-state index in [9.17, 15) is 0 Å². The minimum atomic E-state index is -1.75. The Hall–Kier alpha value is -2.58. The van der Waals surface area contributed by atoms with Gasteiger partial charge in [0.2, 0.25) is 5.84 Å². The summed E-state index contributed by atoms with van der Waals surface area (Å²) in [6.45, 7) is 13.0. The molecule has 2 aliphatic heterocycles. The van der Waals surface area contributed by atoms with Crippen molar-refractivity contribution in [2.24, 2.45) is 4.99 Å². The summed E-state index contributed by atoms with van der Waals surface area (Å²) in [5.74, 6) is 1.05. The molecule has 1 aromatic carbocycles. The van der Waals surface area contributed by atoms with E-state index in [1.165, 1.54) is 15.5 Å². The molecule has 0 radical (unpaired) electrons. The Morgan fingerprint density at radius 1 is 1.18 bits per heavy atom. The van der Waals surface area contributed by atoms with Gasteiger partial charge in [-0.05, 0) is 36.3 Å². The van der Waals surface area contributed by atoms with Crippen LogP contribution >= 0.6 is 11.3 Å². The van der Waals surface area contributed by atoms with Gasteiger partial charge in [0, 0.05) is 39.7 Å². The fourth-order valence-electron chi connectivity index (χ4n) is 3.74. The Balaban J connectivity index is 1.28. The van der Waals surface area contributed by atoms with Gasteiger partial charge < -0.3 is 4.43 Å². The summed E-state index contributed by atoms with van der Waals surface area (Å²) < 4.78 is 6.42. The van der Waals surface area contributed by atoms with E-state index in [1.807, 2.05) is 24.4 Å². The van der Waals surface area contributed by atoms with Crippen molar-refractivity contribution in [2.75, 3.05) is 11.6 Å². The third-order valence-electron chi connectivity index (χ3n) is 6.87. The summed E-state index contributed by atoms with van der Waals surface area (Å²) in [6, 6.07) is 12.6. The van der Waals surface area contributed by atoms with E-state index < -0.39 is 8.32 Å². The number of hydrogen-bond acceptors (Lipinski definition) is 5. The minimum Gasteiger partial charge on any atom is -0.412 e. The third-order valence-corrected chi connectivity index (χ3v) is 12.2. The van der Waals surface area contributed by atoms with Crippen molar-refractivity contribution < 1.29 is 9.33 Å². The van der Waals surface area contributed by atoms with Crippen LogP contribution in [0.2, 0.25) is 18.1 Å². The van der Waals surface area contributed by atoms with Gasteiger partial charge in [-0.1, -0.05) is 39.0 Å². The highest BCUT2D eigenvalue weighted by Gasteiger charge is 2.37. The van der Waals surface area contributed by atoms with Gasteiger partial charge >= 0.3 is 0 Å². The molecule has 170 valence electrons. The van der Waals surface area contributed by atoms with Crippen LogP contribution in [0.3, 0.4) is 0 Å². The monoisotopic (exact) mass is 475 g/mol. The zero-order chi connectivity index (χ0) is 23.2. The molecule has 0 saturated carbocycles. The normalized spacial score (nSPS) is 18.5. The van der Waals surface area contributed by atoms with Gasteiger partial charge in [0.1, 0.15) is 11.9 Å². The smallest absolute Gasteiger partial charge is 0.234 e. The van der Waals surface area contributed by atoms with Crippen molar-refractivity contribution in [1.29, 1.82) is 0 Å². The Bertz CT molecular complexity index is 1280. The van der Waals surface area contributed by atoms with E-state index >= 15 is 0 Å². The second-order valence-electron chi connectivity index (χ2n) is 10.2. The molecule has 1 unspecified atom stereocenters. The fourth-order valence-corrected chi connectivity index (χ4v) is 5.59. The van der Waals surface area contributed by atoms with Gasteiger partial charge in [0.25, 0.3) is 0 Å². The van der Waals surface area contributed by atoms with Gasteiger partial charge in [-0.3, -0.25) is 9.88 Å². The molecule has 3 aromatic rings. The quantitative estimate of drug-likeness (QED) is 0.502. The topological polar surface area (TPSA) is 42.2 Å². The Kier molecular flexibility index (Phi) is 5.61. The molecule has 5 rings (SSSR count). The van der Waals surface area contributed by atoms with E-state index in [-0.39, 0.29) is 5.04 Å². The molecule has 4 heterocycles. The molecule has 1 atom stereocenters. The maximum atomic E-state index is 6.42. The van der Waals surface area contributed by atoms with Crippen LogP contribution < -0.4 is 9.80 Å². The molecule has 2 aromatic heterocycles. The number of aromatic nitrogens is 1. The van der Waals surface area contributed by atoms with Crippen molar-refractivity contribution >= 4 is 47.8 Å². The van der Waals surface area contributed by atoms with Crippen molar-refractivity contribution in [3.05, 3.63) is 76.9 Å². The number of amidine groups is 1. The van der Waals surface area contributed by atoms with Gasteiger partial charge in [-0.2, -0.15) is 4.99 Å². The molecule has 0 amide bonds. The van der Waals surface area contributed by atoms with Gasteiger partial charge in [-0.25, -0.2) is 4.90 Å². The second-order valence-corrected chi connectivity index (χ2v) is 16.0. The maximum Gasteiger partial charge on any atom is 0.234 e. The molecule has 1 N–H and O–H groups in total. The highest BCUT2D eigenvalue weighted by Crippen LogP contribution is 2.37. The first-order valence-corrected chi connectivity index (χ1v) is 15.2. The predicted molar refractivity (Wildman–Crippen MR) is 141 cm³/mol. The van der Waals surface area contributed by atoms with Crippen LogP contribution in [0.15, 0.2) is 71.4 Å². The number of aliphatic imine (C=N–C) groups is 1. The number of para-hydroxylation sites is 1. The molecular formula is C26H31N4OSSi+. The number of thiophene rings is 1. The number of hydrogen-bond donors (Lipinski definition) is 1. The lowest BCUT2D eigenvalue weighted by Gasteiger charge is -2.36. The molecule has 0 aliphatic carbocycles. The van der Waals surface area contributed by atoms with Crippen LogP contribution in [-0.2, 0) is 11.0 Å². The number of rotatable bonds is 5. The molecule has 0 bridgehead atoms. The lowest BCUT2D eigenvalue weighted by molar-refractivity contribution is -0.742. The van der Waals surface area contributed by atoms with Crippen LogP contribution in [0.4, 0.5) is 5.69 Å². The SMILES string of the molecule is CC(C)(C)[Si](C)(C)OCc1cc(N2C=CC3=NC(c4cnc5ccccc5c4)=C[NH+]3C2)cs1. The van der Waals surface area contributed by atoms with Gasteiger partial charge in [0.15, 0.2) is 15.0 Å². The Morgan fingerprint density at radius 2 is 2.00 bits per heavy atom. The average Bonchev–Trinajstić information content (AvgIpc) is 3.43. The largest absolute Gasteiger partial charge is 0.412 e. The average molecular weight is 476 g/mol. The van der Waals surface area contributed by atoms with E-state index in [2.05, 4.69) is 85.8 Å². The zero-order valence-electron chi connectivity index (χ0n) is 19.9. The standard InChI is InChI=1S/C26H30N4OSSi/c1-26(2,3)33(4,5)31-16-22-13-21(17-32-22)29-11-10-25-28-24(15-30(25)18-29)20-12-19-8-6-7-9-23(19)27-14-20/h6-15,17H,16,18H2,1-5H3/p+1. The minimum absolute atomic E-state index is 0.224. The highest BCUT2D eigenvalue weighted by atomic mass is 32.1. The van der Waals surface area contributed by atoms with Crippen LogP contribution in [-0.4, -0.2) is 25.8 Å². The maximum absolute atomic E-state index is 6.42. The predicted octanol–water partition coefficient (Wildman–Crippen LogP) is 5.40. The first-order valence-electron chi connectivity index (χ1n) is 11.4. The number of nitrogens with one attached hydrogen (secondary N) is 1. The number of quaternary nitrogens is 1. The molecule has 33 heavy (non-hydrogen) atoms. The van der Waals surface area contributed by atoms with E-state index in [0.29, 0.717) is 6.61 Å². The summed E-state index contributed by atoms with van der Waals surface area (Å²) >= 11 is 1.78. The summed E-state index contributed by atoms with van der Waals surface area (Å²) in [7, 11) is -1.75. The molecule has 0 saturated heterocycles. The summed E-state index contributed by atoms with van der Waals surface area (Å²) in [6.07, 6.45) is 8.37. The first-order chi connectivity index (χ1) is 15.7. The summed E-state index contributed by atoms with van der Waals surface area (Å²) in [5.41, 5.74) is 4.27. The Labute approximate surface area is 200 Å². The fraction of sp³-hybridized carbons (Fsp3) is 0.308. The molecule has 0 fully saturated rings. The summed E-state index contributed by atoms with van der Waals surface area (Å²) in [5, 5.41) is 3.59. The van der Waals surface area contributed by atoms with Crippen LogP contribution in [0.5, 0.6) is 0 Å². The molecule has 2 aliphatic rings. The van der Waals surface area contributed by atoms with E-state index in [0.717, 1.165) is 34.7 Å². The molecule has 0 spiro atoms. The number of pyridine rings is 1. The first kappa shape index (κ1) is 22.2. The third kappa shape index (κ3) is 4.46. The lowest BCUT2D eigenvalue weighted by atomic mass is 10.1. The van der Waals surface area contributed by atoms with E-state index in [1.54, 1.807) is 11.3 Å². The summed E-state index contributed by atoms with van der Waals surface area (Å²) in [4.78, 5) is 14.3. The van der Waals surface area contributed by atoms with Gasteiger partial charge in [0.05, 0.1) is 17.8 Å². The molecular weight excluding hydrogens is 444 g/mol. The number of anilines is 1. The molecule has 5 nitrogen and oxygen atoms in total. The molecule has 7 heteroatoms.